The van der Waals surface area contributed by atoms with Crippen LogP contribution in [0.2, 0.25) is 0 Å². The van der Waals surface area contributed by atoms with Gasteiger partial charge in [0.15, 0.2) is 5.75 Å². The molecular formula is C12H14O8. The summed E-state index contributed by atoms with van der Waals surface area (Å²) in [6, 6.07) is 2.31. The van der Waals surface area contributed by atoms with Gasteiger partial charge in [-0.25, -0.2) is 9.59 Å². The van der Waals surface area contributed by atoms with Gasteiger partial charge >= 0.3 is 11.9 Å². The van der Waals surface area contributed by atoms with Gasteiger partial charge in [-0.2, -0.15) is 0 Å². The Morgan fingerprint density at radius 1 is 0.950 bits per heavy atom. The van der Waals surface area contributed by atoms with Crippen molar-refractivity contribution >= 4 is 11.9 Å². The molecule has 0 saturated carbocycles. The Bertz CT molecular complexity index is 496. The molecule has 0 bridgehead atoms. The highest BCUT2D eigenvalue weighted by Gasteiger charge is 2.25. The van der Waals surface area contributed by atoms with Crippen LogP contribution >= 0.6 is 0 Å². The molecule has 0 radical (unpaired) electrons. The van der Waals surface area contributed by atoms with E-state index in [1.165, 1.54) is 6.07 Å². The molecule has 0 unspecified atom stereocenters. The molecule has 0 aromatic heterocycles. The Morgan fingerprint density at radius 2 is 1.55 bits per heavy atom. The van der Waals surface area contributed by atoms with E-state index < -0.39 is 29.9 Å². The van der Waals surface area contributed by atoms with Gasteiger partial charge < -0.3 is 29.9 Å². The first-order valence-corrected chi connectivity index (χ1v) is 5.63. The van der Waals surface area contributed by atoms with E-state index in [2.05, 4.69) is 0 Å². The average molecular weight is 286 g/mol. The Hall–Kier alpha value is -2.32. The fourth-order valence-electron chi connectivity index (χ4n) is 1.51. The van der Waals surface area contributed by atoms with Crippen LogP contribution in [0.1, 0.15) is 20.7 Å². The summed E-state index contributed by atoms with van der Waals surface area (Å²) in [6.07, 6.45) is 0. The minimum absolute atomic E-state index is 0.121. The number of hydrogen-bond acceptors (Lipinski definition) is 6. The highest BCUT2D eigenvalue weighted by molar-refractivity contribution is 6.00. The van der Waals surface area contributed by atoms with Gasteiger partial charge in [-0.05, 0) is 12.1 Å². The number of hydrogen-bond donors (Lipinski definition) is 4. The fraction of sp³-hybridized carbons (Fsp3) is 0.333. The van der Waals surface area contributed by atoms with Crippen LogP contribution < -0.4 is 9.47 Å². The van der Waals surface area contributed by atoms with Gasteiger partial charge in [0.2, 0.25) is 0 Å². The van der Waals surface area contributed by atoms with Crippen LogP contribution in [0.4, 0.5) is 0 Å². The van der Waals surface area contributed by atoms with E-state index in [4.69, 9.17) is 24.8 Å². The number of aliphatic hydroxyl groups excluding tert-OH is 2. The minimum atomic E-state index is -1.44. The lowest BCUT2D eigenvalue weighted by atomic mass is 10.1. The Kier molecular flexibility index (Phi) is 5.75. The number of benzene rings is 1. The van der Waals surface area contributed by atoms with Crippen molar-refractivity contribution in [3.63, 3.8) is 0 Å². The van der Waals surface area contributed by atoms with E-state index in [1.54, 1.807) is 0 Å². The smallest absolute Gasteiger partial charge is 0.343 e. The molecule has 0 spiro atoms. The van der Waals surface area contributed by atoms with E-state index in [0.717, 1.165) is 6.07 Å². The van der Waals surface area contributed by atoms with Gasteiger partial charge in [0.05, 0.1) is 13.2 Å². The summed E-state index contributed by atoms with van der Waals surface area (Å²) in [5.41, 5.74) is -0.820. The molecule has 0 atom stereocenters. The van der Waals surface area contributed by atoms with Crippen molar-refractivity contribution in [1.82, 2.24) is 0 Å². The lowest BCUT2D eigenvalue weighted by Gasteiger charge is -2.15. The molecule has 0 fully saturated rings. The molecule has 4 N–H and O–H groups in total. The first kappa shape index (κ1) is 15.7. The Morgan fingerprint density at radius 3 is 2.05 bits per heavy atom. The van der Waals surface area contributed by atoms with E-state index >= 15 is 0 Å². The zero-order valence-electron chi connectivity index (χ0n) is 10.4. The third kappa shape index (κ3) is 3.59. The van der Waals surface area contributed by atoms with Crippen molar-refractivity contribution in [2.75, 3.05) is 26.4 Å². The van der Waals surface area contributed by atoms with Crippen LogP contribution in [0.15, 0.2) is 12.1 Å². The number of carboxylic acid groups (broad SMARTS) is 2. The van der Waals surface area contributed by atoms with Crippen molar-refractivity contribution in [2.24, 2.45) is 0 Å². The molecule has 1 aromatic rings. The molecule has 8 heteroatoms. The SMILES string of the molecule is O=C(O)c1ccc(OCCO)c(C(=O)O)c1OCCO. The van der Waals surface area contributed by atoms with E-state index in [9.17, 15) is 14.7 Å². The lowest BCUT2D eigenvalue weighted by molar-refractivity contribution is 0.0680. The summed E-state index contributed by atoms with van der Waals surface area (Å²) in [7, 11) is 0. The molecule has 0 amide bonds. The summed E-state index contributed by atoms with van der Waals surface area (Å²) >= 11 is 0. The molecule has 110 valence electrons. The number of carboxylic acids is 2. The predicted molar refractivity (Wildman–Crippen MR) is 65.5 cm³/mol. The molecule has 0 saturated heterocycles. The van der Waals surface area contributed by atoms with Gasteiger partial charge in [-0.1, -0.05) is 0 Å². The topological polar surface area (TPSA) is 134 Å². The van der Waals surface area contributed by atoms with E-state index in [0.29, 0.717) is 0 Å². The van der Waals surface area contributed by atoms with Crippen LogP contribution in [0, 0.1) is 0 Å². The zero-order chi connectivity index (χ0) is 15.1. The number of aliphatic hydroxyl groups is 2. The second-order valence-electron chi connectivity index (χ2n) is 3.57. The van der Waals surface area contributed by atoms with Crippen LogP contribution in [-0.2, 0) is 0 Å². The number of rotatable bonds is 8. The second-order valence-corrected chi connectivity index (χ2v) is 3.57. The summed E-state index contributed by atoms with van der Waals surface area (Å²) in [5, 5.41) is 35.6. The summed E-state index contributed by atoms with van der Waals surface area (Å²) < 4.78 is 10.0. The van der Waals surface area contributed by atoms with Crippen molar-refractivity contribution in [2.45, 2.75) is 0 Å². The normalized spacial score (nSPS) is 10.1. The van der Waals surface area contributed by atoms with Gasteiger partial charge in [-0.3, -0.25) is 0 Å². The molecular weight excluding hydrogens is 272 g/mol. The summed E-state index contributed by atoms with van der Waals surface area (Å²) in [4.78, 5) is 22.3. The van der Waals surface area contributed by atoms with Gasteiger partial charge in [0.1, 0.15) is 30.1 Å². The maximum atomic E-state index is 11.3. The molecule has 0 heterocycles. The maximum Gasteiger partial charge on any atom is 0.343 e. The maximum absolute atomic E-state index is 11.3. The molecule has 0 aliphatic carbocycles. The fourth-order valence-corrected chi connectivity index (χ4v) is 1.51. The standard InChI is InChI=1S/C12H14O8/c13-3-5-19-8-2-1-7(11(15)16)10(20-6-4-14)9(8)12(17)18/h1-2,13-14H,3-6H2,(H,15,16)(H,17,18). The number of carbonyl (C=O) groups is 2. The van der Waals surface area contributed by atoms with Crippen LogP contribution in [0.3, 0.4) is 0 Å². The van der Waals surface area contributed by atoms with E-state index in [-0.39, 0.29) is 31.1 Å². The quantitative estimate of drug-likeness (QED) is 0.517. The average Bonchev–Trinajstić information content (AvgIpc) is 2.41. The Balaban J connectivity index is 3.35. The van der Waals surface area contributed by atoms with Gasteiger partial charge in [0, 0.05) is 0 Å². The zero-order valence-corrected chi connectivity index (χ0v) is 10.4. The van der Waals surface area contributed by atoms with Crippen molar-refractivity contribution in [3.05, 3.63) is 23.3 Å². The lowest BCUT2D eigenvalue weighted by Crippen LogP contribution is -2.14. The first-order valence-electron chi connectivity index (χ1n) is 5.63. The molecule has 0 aliphatic rings. The van der Waals surface area contributed by atoms with Crippen LogP contribution in [0.5, 0.6) is 11.5 Å². The second kappa shape index (κ2) is 7.31. The molecule has 1 rings (SSSR count). The third-order valence-electron chi connectivity index (χ3n) is 2.25. The van der Waals surface area contributed by atoms with Crippen molar-refractivity contribution in [3.8, 4) is 11.5 Å². The molecule has 1 aromatic carbocycles. The third-order valence-corrected chi connectivity index (χ3v) is 2.25. The molecule has 0 aliphatic heterocycles. The summed E-state index contributed by atoms with van der Waals surface area (Å²) in [5.74, 6) is -3.32. The Labute approximate surface area is 113 Å². The first-order chi connectivity index (χ1) is 9.52. The van der Waals surface area contributed by atoms with Crippen LogP contribution in [-0.4, -0.2) is 58.8 Å². The minimum Gasteiger partial charge on any atom is -0.490 e. The predicted octanol–water partition coefficient (Wildman–Crippen LogP) is -0.175. The molecule has 20 heavy (non-hydrogen) atoms. The van der Waals surface area contributed by atoms with Gasteiger partial charge in [-0.15, -0.1) is 0 Å². The highest BCUT2D eigenvalue weighted by Crippen LogP contribution is 2.32. The molecule has 8 nitrogen and oxygen atoms in total. The monoisotopic (exact) mass is 286 g/mol. The van der Waals surface area contributed by atoms with Crippen molar-refractivity contribution in [1.29, 1.82) is 0 Å². The highest BCUT2D eigenvalue weighted by atomic mass is 16.5. The van der Waals surface area contributed by atoms with Crippen molar-refractivity contribution < 1.29 is 39.5 Å². The number of ether oxygens (including phenoxy) is 2. The van der Waals surface area contributed by atoms with Crippen LogP contribution in [0.25, 0.3) is 0 Å². The van der Waals surface area contributed by atoms with Gasteiger partial charge in [0.25, 0.3) is 0 Å². The summed E-state index contributed by atoms with van der Waals surface area (Å²) in [6.45, 7) is -1.14. The number of aromatic carboxylic acids is 2. The largest absolute Gasteiger partial charge is 0.490 e. The van der Waals surface area contributed by atoms with E-state index in [1.807, 2.05) is 0 Å².